The number of hydrogen-bond acceptors (Lipinski definition) is 5. The fourth-order valence-electron chi connectivity index (χ4n) is 3.08. The summed E-state index contributed by atoms with van der Waals surface area (Å²) in [7, 11) is 0. The van der Waals surface area contributed by atoms with E-state index in [1.807, 2.05) is 42.6 Å². The molecule has 0 atom stereocenters. The molecule has 25 heavy (non-hydrogen) atoms. The topological polar surface area (TPSA) is 51.6 Å². The van der Waals surface area contributed by atoms with Crippen LogP contribution in [0.3, 0.4) is 0 Å². The molecule has 3 aromatic heterocycles. The van der Waals surface area contributed by atoms with Gasteiger partial charge < -0.3 is 0 Å². The monoisotopic (exact) mass is 340 g/mol. The molecule has 0 aliphatic rings. The van der Waals surface area contributed by atoms with Gasteiger partial charge in [-0.1, -0.05) is 60.7 Å². The first-order valence-corrected chi connectivity index (χ1v) is 8.73. The van der Waals surface area contributed by atoms with Gasteiger partial charge in [0.2, 0.25) is 0 Å². The lowest BCUT2D eigenvalue weighted by molar-refractivity contribution is 1.09. The molecule has 0 amide bonds. The smallest absolute Gasteiger partial charge is 0.149 e. The average Bonchev–Trinajstić information content (AvgIpc) is 3.07. The van der Waals surface area contributed by atoms with E-state index in [1.165, 1.54) is 0 Å². The Hall–Kier alpha value is -3.18. The lowest BCUT2D eigenvalue weighted by Gasteiger charge is -2.10. The summed E-state index contributed by atoms with van der Waals surface area (Å²) in [6.45, 7) is 0. The summed E-state index contributed by atoms with van der Waals surface area (Å²) in [6.07, 6.45) is 3.43. The summed E-state index contributed by atoms with van der Waals surface area (Å²) in [5, 5.41) is 10.1. The van der Waals surface area contributed by atoms with Crippen molar-refractivity contribution in [2.24, 2.45) is 0 Å². The van der Waals surface area contributed by atoms with Gasteiger partial charge in [-0.3, -0.25) is 0 Å². The van der Waals surface area contributed by atoms with Gasteiger partial charge in [-0.2, -0.15) is 0 Å². The predicted molar refractivity (Wildman–Crippen MR) is 101 cm³/mol. The Morgan fingerprint density at radius 2 is 1.48 bits per heavy atom. The van der Waals surface area contributed by atoms with Gasteiger partial charge in [0.1, 0.15) is 16.9 Å². The Morgan fingerprint density at radius 3 is 2.24 bits per heavy atom. The van der Waals surface area contributed by atoms with Gasteiger partial charge in [0.25, 0.3) is 0 Å². The lowest BCUT2D eigenvalue weighted by Crippen LogP contribution is -1.93. The highest BCUT2D eigenvalue weighted by Gasteiger charge is 2.19. The molecule has 2 aromatic carbocycles. The van der Waals surface area contributed by atoms with Gasteiger partial charge in [-0.05, 0) is 5.56 Å². The fourth-order valence-corrected chi connectivity index (χ4v) is 4.04. The second kappa shape index (κ2) is 5.72. The molecule has 5 heteroatoms. The van der Waals surface area contributed by atoms with Gasteiger partial charge in [0, 0.05) is 22.7 Å². The van der Waals surface area contributed by atoms with Gasteiger partial charge in [0.15, 0.2) is 0 Å². The molecular formula is C20H12N4S. The Morgan fingerprint density at radius 1 is 0.760 bits per heavy atom. The van der Waals surface area contributed by atoms with E-state index in [2.05, 4.69) is 44.4 Å². The summed E-state index contributed by atoms with van der Waals surface area (Å²) < 4.78 is 1.02. The first-order valence-electron chi connectivity index (χ1n) is 7.91. The van der Waals surface area contributed by atoms with Crippen molar-refractivity contribution < 1.29 is 0 Å². The van der Waals surface area contributed by atoms with Crippen molar-refractivity contribution in [1.82, 2.24) is 20.2 Å². The van der Waals surface area contributed by atoms with Crippen LogP contribution >= 0.6 is 11.3 Å². The third-order valence-electron chi connectivity index (χ3n) is 4.17. The standard InChI is InChI=1S/C20H12N4S/c1-3-7-13(8-4-1)16-17-19-15(11-21-12-22-19)25-20(17)24-23-18(16)14-9-5-2-6-10-14/h1-12H. The summed E-state index contributed by atoms with van der Waals surface area (Å²) in [4.78, 5) is 9.55. The SMILES string of the molecule is c1ccc(-c2nnc3sc4cncnc4c3c2-c2ccccc2)cc1. The Kier molecular flexibility index (Phi) is 3.24. The number of benzene rings is 2. The third-order valence-corrected chi connectivity index (χ3v) is 5.17. The van der Waals surface area contributed by atoms with Gasteiger partial charge >= 0.3 is 0 Å². The van der Waals surface area contributed by atoms with Crippen molar-refractivity contribution in [2.45, 2.75) is 0 Å². The van der Waals surface area contributed by atoms with E-state index in [0.29, 0.717) is 0 Å². The molecule has 118 valence electrons. The largest absolute Gasteiger partial charge is 0.243 e. The number of hydrogen-bond donors (Lipinski definition) is 0. The van der Waals surface area contributed by atoms with Crippen LogP contribution in [0.25, 0.3) is 42.8 Å². The first-order chi connectivity index (χ1) is 12.4. The second-order valence-corrected chi connectivity index (χ2v) is 6.70. The molecule has 4 nitrogen and oxygen atoms in total. The van der Waals surface area contributed by atoms with Crippen molar-refractivity contribution in [3.8, 4) is 22.4 Å². The molecule has 0 N–H and O–H groups in total. The zero-order chi connectivity index (χ0) is 16.6. The molecule has 3 heterocycles. The third kappa shape index (κ3) is 2.28. The number of fused-ring (bicyclic) bond motifs is 3. The average molecular weight is 340 g/mol. The zero-order valence-electron chi connectivity index (χ0n) is 13.1. The molecule has 0 saturated heterocycles. The fraction of sp³-hybridized carbons (Fsp3) is 0. The maximum Gasteiger partial charge on any atom is 0.149 e. The Balaban J connectivity index is 1.97. The van der Waals surface area contributed by atoms with Crippen molar-refractivity contribution >= 4 is 31.8 Å². The van der Waals surface area contributed by atoms with Crippen molar-refractivity contribution in [2.75, 3.05) is 0 Å². The summed E-state index contributed by atoms with van der Waals surface area (Å²) in [6, 6.07) is 20.5. The molecule has 5 aromatic rings. The second-order valence-electron chi connectivity index (χ2n) is 5.67. The minimum absolute atomic E-state index is 0.873. The number of aromatic nitrogens is 4. The minimum Gasteiger partial charge on any atom is -0.243 e. The molecule has 0 saturated carbocycles. The first kappa shape index (κ1) is 14.2. The quantitative estimate of drug-likeness (QED) is 0.455. The number of thiophene rings is 1. The van der Waals surface area contributed by atoms with Crippen LogP contribution in [0.1, 0.15) is 0 Å². The highest BCUT2D eigenvalue weighted by Crippen LogP contribution is 2.41. The van der Waals surface area contributed by atoms with Crippen molar-refractivity contribution in [3.63, 3.8) is 0 Å². The van der Waals surface area contributed by atoms with E-state index in [9.17, 15) is 0 Å². The molecule has 0 fully saturated rings. The van der Waals surface area contributed by atoms with Crippen LogP contribution < -0.4 is 0 Å². The molecule has 0 aliphatic heterocycles. The molecule has 0 bridgehead atoms. The van der Waals surface area contributed by atoms with Crippen LogP contribution in [0.4, 0.5) is 0 Å². The maximum absolute atomic E-state index is 4.56. The molecule has 0 spiro atoms. The molecule has 5 rings (SSSR count). The van der Waals surface area contributed by atoms with E-state index in [4.69, 9.17) is 0 Å². The van der Waals surface area contributed by atoms with Gasteiger partial charge in [-0.15, -0.1) is 21.5 Å². The van der Waals surface area contributed by atoms with Crippen LogP contribution in [0, 0.1) is 0 Å². The van der Waals surface area contributed by atoms with Crippen molar-refractivity contribution in [1.29, 1.82) is 0 Å². The normalized spacial score (nSPS) is 11.2. The predicted octanol–water partition coefficient (Wildman–Crippen LogP) is 4.97. The number of nitrogens with zero attached hydrogens (tertiary/aromatic N) is 4. The van der Waals surface area contributed by atoms with E-state index in [0.717, 1.165) is 42.8 Å². The molecule has 0 radical (unpaired) electrons. The van der Waals surface area contributed by atoms with Crippen LogP contribution in [0.2, 0.25) is 0 Å². The van der Waals surface area contributed by atoms with E-state index >= 15 is 0 Å². The van der Waals surface area contributed by atoms with E-state index in [1.54, 1.807) is 17.7 Å². The summed E-state index contributed by atoms with van der Waals surface area (Å²) >= 11 is 1.58. The van der Waals surface area contributed by atoms with E-state index < -0.39 is 0 Å². The summed E-state index contributed by atoms with van der Waals surface area (Å²) in [5.41, 5.74) is 5.03. The molecule has 0 aliphatic carbocycles. The lowest BCUT2D eigenvalue weighted by atomic mass is 9.97. The summed E-state index contributed by atoms with van der Waals surface area (Å²) in [5.74, 6) is 0. The van der Waals surface area contributed by atoms with Crippen LogP contribution in [-0.4, -0.2) is 20.2 Å². The van der Waals surface area contributed by atoms with Crippen LogP contribution in [0.15, 0.2) is 73.2 Å². The zero-order valence-corrected chi connectivity index (χ0v) is 13.9. The van der Waals surface area contributed by atoms with Gasteiger partial charge in [0.05, 0.1) is 10.2 Å². The van der Waals surface area contributed by atoms with Gasteiger partial charge in [-0.25, -0.2) is 9.97 Å². The Bertz CT molecular complexity index is 1180. The van der Waals surface area contributed by atoms with Crippen molar-refractivity contribution in [3.05, 3.63) is 73.2 Å². The van der Waals surface area contributed by atoms with E-state index in [-0.39, 0.29) is 0 Å². The Labute approximate surface area is 147 Å². The number of rotatable bonds is 2. The minimum atomic E-state index is 0.873. The van der Waals surface area contributed by atoms with Crippen LogP contribution in [-0.2, 0) is 0 Å². The highest BCUT2D eigenvalue weighted by molar-refractivity contribution is 7.25. The highest BCUT2D eigenvalue weighted by atomic mass is 32.1. The maximum atomic E-state index is 4.56. The van der Waals surface area contributed by atoms with Crippen LogP contribution in [0.5, 0.6) is 0 Å². The molecular weight excluding hydrogens is 328 g/mol. The molecule has 0 unspecified atom stereocenters.